The quantitative estimate of drug-likeness (QED) is 0.464. The van der Waals surface area contributed by atoms with Crippen molar-refractivity contribution >= 4 is 22.8 Å². The molecule has 9 nitrogen and oxygen atoms in total. The molecule has 4 N–H and O–H groups in total. The molecular formula is C29H38N6O3. The third kappa shape index (κ3) is 4.85. The first-order chi connectivity index (χ1) is 18.3. The number of likely N-dealkylation sites (tertiary alicyclic amines) is 1. The van der Waals surface area contributed by atoms with E-state index in [1.54, 1.807) is 6.33 Å². The van der Waals surface area contributed by atoms with Crippen LogP contribution in [0.25, 0.3) is 22.2 Å². The van der Waals surface area contributed by atoms with E-state index in [2.05, 4.69) is 51.6 Å². The molecule has 1 saturated carbocycles. The molecule has 2 aliphatic heterocycles. The van der Waals surface area contributed by atoms with Crippen molar-refractivity contribution in [1.29, 1.82) is 0 Å². The van der Waals surface area contributed by atoms with Crippen LogP contribution in [0.15, 0.2) is 36.8 Å². The third-order valence-corrected chi connectivity index (χ3v) is 8.56. The number of carbonyl (C=O) groups is 1. The zero-order chi connectivity index (χ0) is 26.4. The van der Waals surface area contributed by atoms with Crippen molar-refractivity contribution in [3.63, 3.8) is 0 Å². The van der Waals surface area contributed by atoms with Gasteiger partial charge in [-0.1, -0.05) is 12.1 Å². The van der Waals surface area contributed by atoms with E-state index in [1.165, 1.54) is 0 Å². The Morgan fingerprint density at radius 2 is 2.08 bits per heavy atom. The molecule has 3 fully saturated rings. The smallest absolute Gasteiger partial charge is 0.234 e. The fourth-order valence-electron chi connectivity index (χ4n) is 6.52. The number of primary amides is 1. The number of fused-ring (bicyclic) bond motifs is 1. The summed E-state index contributed by atoms with van der Waals surface area (Å²) in [5.74, 6) is 1.64. The number of aromatic nitrogens is 3. The van der Waals surface area contributed by atoms with E-state index in [-0.39, 0.29) is 23.7 Å². The molecule has 0 spiro atoms. The van der Waals surface area contributed by atoms with Gasteiger partial charge in [-0.05, 0) is 82.5 Å². The maximum atomic E-state index is 11.8. The van der Waals surface area contributed by atoms with E-state index in [1.807, 2.05) is 12.1 Å². The summed E-state index contributed by atoms with van der Waals surface area (Å²) in [6.07, 6.45) is 9.88. The van der Waals surface area contributed by atoms with Gasteiger partial charge < -0.3 is 25.5 Å². The Bertz CT molecular complexity index is 1330. The van der Waals surface area contributed by atoms with Gasteiger partial charge in [-0.3, -0.25) is 9.69 Å². The topological polar surface area (TPSA) is 122 Å². The molecular weight excluding hydrogens is 480 g/mol. The standard InChI is InChI=1S/C29H38N6O3/c1-29(2)9-8-22(38-29)16-37-21-6-3-5-19(13-21)23-15-35(28-25(23)26(30)32-17-33-28)20-11-18(12-20)14-34-10-4-7-24(34)27(31)36/h3,5-6,13,15,17-18,20,22,24H,4,7-12,14,16H2,1-2H3,(H2,31,36)(H2,30,32,33)/t18?,20?,22-,24?/m0/s1. The number of nitrogens with zero attached hydrogens (tertiary/aromatic N) is 4. The summed E-state index contributed by atoms with van der Waals surface area (Å²) in [7, 11) is 0. The van der Waals surface area contributed by atoms with Crippen LogP contribution in [0.1, 0.15) is 58.4 Å². The number of ether oxygens (including phenoxy) is 2. The van der Waals surface area contributed by atoms with Crippen LogP contribution in [-0.4, -0.2) is 62.8 Å². The molecule has 0 radical (unpaired) electrons. The second-order valence-corrected chi connectivity index (χ2v) is 11.8. The van der Waals surface area contributed by atoms with E-state index in [0.717, 1.165) is 79.5 Å². The fourth-order valence-corrected chi connectivity index (χ4v) is 6.52. The summed E-state index contributed by atoms with van der Waals surface area (Å²) in [6, 6.07) is 8.36. The van der Waals surface area contributed by atoms with Gasteiger partial charge in [0, 0.05) is 24.3 Å². The van der Waals surface area contributed by atoms with E-state index < -0.39 is 0 Å². The molecule has 6 rings (SSSR count). The van der Waals surface area contributed by atoms with Gasteiger partial charge in [-0.25, -0.2) is 9.97 Å². The Balaban J connectivity index is 1.19. The van der Waals surface area contributed by atoms with Gasteiger partial charge in [0.1, 0.15) is 30.1 Å². The first-order valence-corrected chi connectivity index (χ1v) is 13.8. The molecule has 1 unspecified atom stereocenters. The molecule has 3 aliphatic rings. The second kappa shape index (κ2) is 9.85. The number of carbonyl (C=O) groups excluding carboxylic acids is 1. The van der Waals surface area contributed by atoms with E-state index in [9.17, 15) is 4.79 Å². The summed E-state index contributed by atoms with van der Waals surface area (Å²) in [5.41, 5.74) is 14.8. The molecule has 0 bridgehead atoms. The van der Waals surface area contributed by atoms with Crippen LogP contribution in [0, 0.1) is 5.92 Å². The van der Waals surface area contributed by atoms with Gasteiger partial charge in [0.25, 0.3) is 0 Å². The summed E-state index contributed by atoms with van der Waals surface area (Å²) >= 11 is 0. The van der Waals surface area contributed by atoms with Crippen LogP contribution in [-0.2, 0) is 9.53 Å². The van der Waals surface area contributed by atoms with Crippen molar-refractivity contribution in [3.8, 4) is 16.9 Å². The lowest BCUT2D eigenvalue weighted by molar-refractivity contribution is -0.122. The van der Waals surface area contributed by atoms with Gasteiger partial charge >= 0.3 is 0 Å². The SMILES string of the molecule is CC1(C)CC[C@@H](COc2cccc(-c3cn(C4CC(CN5CCCC5C(N)=O)C4)c4ncnc(N)c34)c2)O1. The molecule has 202 valence electrons. The molecule has 3 aromatic rings. The number of nitrogen functional groups attached to an aromatic ring is 1. The molecule has 2 aromatic heterocycles. The lowest BCUT2D eigenvalue weighted by Gasteiger charge is -2.39. The van der Waals surface area contributed by atoms with E-state index in [0.29, 0.717) is 24.4 Å². The minimum atomic E-state index is -0.197. The predicted molar refractivity (Wildman–Crippen MR) is 147 cm³/mol. The largest absolute Gasteiger partial charge is 0.491 e. The van der Waals surface area contributed by atoms with Crippen LogP contribution in [0.2, 0.25) is 0 Å². The van der Waals surface area contributed by atoms with E-state index >= 15 is 0 Å². The van der Waals surface area contributed by atoms with Crippen LogP contribution in [0.3, 0.4) is 0 Å². The highest BCUT2D eigenvalue weighted by Gasteiger charge is 2.37. The molecule has 1 amide bonds. The Morgan fingerprint density at radius 3 is 2.84 bits per heavy atom. The summed E-state index contributed by atoms with van der Waals surface area (Å²) in [6.45, 7) is 6.68. The maximum absolute atomic E-state index is 11.8. The Kier molecular flexibility index (Phi) is 6.52. The summed E-state index contributed by atoms with van der Waals surface area (Å²) in [4.78, 5) is 23.0. The van der Waals surface area contributed by atoms with Crippen LogP contribution >= 0.6 is 0 Å². The van der Waals surface area contributed by atoms with Crippen LogP contribution in [0.4, 0.5) is 5.82 Å². The first-order valence-electron chi connectivity index (χ1n) is 13.8. The molecule has 9 heteroatoms. The van der Waals surface area contributed by atoms with Crippen molar-refractivity contribution in [1.82, 2.24) is 19.4 Å². The monoisotopic (exact) mass is 518 g/mol. The summed E-state index contributed by atoms with van der Waals surface area (Å²) < 4.78 is 14.5. The first kappa shape index (κ1) is 25.1. The normalized spacial score (nSPS) is 27.0. The maximum Gasteiger partial charge on any atom is 0.234 e. The molecule has 4 heterocycles. The second-order valence-electron chi connectivity index (χ2n) is 11.8. The highest BCUT2D eigenvalue weighted by atomic mass is 16.6. The van der Waals surface area contributed by atoms with Crippen molar-refractivity contribution in [2.75, 3.05) is 25.4 Å². The Hall–Kier alpha value is -3.17. The Labute approximate surface area is 223 Å². The molecule has 2 saturated heterocycles. The highest BCUT2D eigenvalue weighted by molar-refractivity contribution is 6.00. The number of hydrogen-bond donors (Lipinski definition) is 2. The number of amides is 1. The third-order valence-electron chi connectivity index (χ3n) is 8.56. The predicted octanol–water partition coefficient (Wildman–Crippen LogP) is 3.92. The molecule has 2 atom stereocenters. The number of nitrogens with two attached hydrogens (primary N) is 2. The fraction of sp³-hybridized carbons (Fsp3) is 0.552. The van der Waals surface area contributed by atoms with Gasteiger partial charge in [0.15, 0.2) is 0 Å². The zero-order valence-electron chi connectivity index (χ0n) is 22.3. The van der Waals surface area contributed by atoms with Crippen LogP contribution < -0.4 is 16.2 Å². The molecule has 1 aromatic carbocycles. The number of anilines is 1. The zero-order valence-corrected chi connectivity index (χ0v) is 22.3. The minimum Gasteiger partial charge on any atom is -0.491 e. The highest BCUT2D eigenvalue weighted by Crippen LogP contribution is 2.44. The van der Waals surface area contributed by atoms with Crippen LogP contribution in [0.5, 0.6) is 5.75 Å². The van der Waals surface area contributed by atoms with Crippen molar-refractivity contribution in [3.05, 3.63) is 36.8 Å². The molecule has 1 aliphatic carbocycles. The van der Waals surface area contributed by atoms with Crippen molar-refractivity contribution in [2.24, 2.45) is 11.7 Å². The summed E-state index contributed by atoms with van der Waals surface area (Å²) in [5, 5.41) is 0.877. The number of rotatable bonds is 8. The number of hydrogen-bond acceptors (Lipinski definition) is 7. The van der Waals surface area contributed by atoms with Gasteiger partial charge in [0.05, 0.1) is 23.1 Å². The van der Waals surface area contributed by atoms with Gasteiger partial charge in [0.2, 0.25) is 5.91 Å². The van der Waals surface area contributed by atoms with Gasteiger partial charge in [-0.2, -0.15) is 0 Å². The number of benzene rings is 1. The lowest BCUT2D eigenvalue weighted by Crippen LogP contribution is -2.44. The Morgan fingerprint density at radius 1 is 1.24 bits per heavy atom. The lowest BCUT2D eigenvalue weighted by atomic mass is 9.79. The molecule has 38 heavy (non-hydrogen) atoms. The average Bonchev–Trinajstić information content (AvgIpc) is 3.57. The van der Waals surface area contributed by atoms with Crippen molar-refractivity contribution < 1.29 is 14.3 Å². The van der Waals surface area contributed by atoms with E-state index in [4.69, 9.17) is 20.9 Å². The average molecular weight is 519 g/mol. The van der Waals surface area contributed by atoms with Gasteiger partial charge in [-0.15, -0.1) is 0 Å². The minimum absolute atomic E-state index is 0.0756. The van der Waals surface area contributed by atoms with Crippen molar-refractivity contribution in [2.45, 2.75) is 76.2 Å².